The fourth-order valence-corrected chi connectivity index (χ4v) is 9.09. The fourth-order valence-electron chi connectivity index (χ4n) is 8.84. The minimum atomic E-state index is 0.461. The highest BCUT2D eigenvalue weighted by Crippen LogP contribution is 2.28. The first-order valence-electron chi connectivity index (χ1n) is 22.3. The Kier molecular flexibility index (Phi) is 15.9. The molecule has 320 valence electrons. The summed E-state index contributed by atoms with van der Waals surface area (Å²) < 4.78 is 16.8. The van der Waals surface area contributed by atoms with Gasteiger partial charge in [-0.15, -0.1) is 0 Å². The van der Waals surface area contributed by atoms with E-state index in [4.69, 9.17) is 42.6 Å². The van der Waals surface area contributed by atoms with Gasteiger partial charge >= 0.3 is 0 Å². The first-order valence-corrected chi connectivity index (χ1v) is 23.1. The van der Waals surface area contributed by atoms with E-state index in [9.17, 15) is 0 Å². The highest BCUT2D eigenvalue weighted by molar-refractivity contribution is 6.30. The molecule has 2 aliphatic rings. The summed E-state index contributed by atoms with van der Waals surface area (Å²) in [6.45, 7) is 16.3. The van der Waals surface area contributed by atoms with Gasteiger partial charge in [0.25, 0.3) is 0 Å². The van der Waals surface area contributed by atoms with Crippen molar-refractivity contribution < 1.29 is 9.47 Å². The average Bonchev–Trinajstić information content (AvgIpc) is 3.82. The molecule has 2 fully saturated rings. The zero-order valence-electron chi connectivity index (χ0n) is 36.2. The highest BCUT2D eigenvalue weighted by Gasteiger charge is 2.18. The van der Waals surface area contributed by atoms with Crippen LogP contribution in [0.5, 0.6) is 11.5 Å². The number of rotatable bonds is 16. The van der Waals surface area contributed by atoms with E-state index in [1.165, 1.54) is 124 Å². The van der Waals surface area contributed by atoms with Crippen LogP contribution in [0.4, 0.5) is 0 Å². The van der Waals surface area contributed by atoms with Crippen LogP contribution < -0.4 is 20.1 Å². The van der Waals surface area contributed by atoms with Gasteiger partial charge in [-0.3, -0.25) is 0 Å². The molecular weight excluding hydrogens is 787 g/mol. The number of ether oxygens (including phenoxy) is 2. The Bertz CT molecular complexity index is 2220. The molecule has 2 N–H and O–H groups in total. The van der Waals surface area contributed by atoms with Crippen LogP contribution >= 0.6 is 23.2 Å². The average molecular weight is 852 g/mol. The minimum absolute atomic E-state index is 0.461. The van der Waals surface area contributed by atoms with Crippen molar-refractivity contribution in [2.24, 2.45) is 11.8 Å². The third-order valence-electron chi connectivity index (χ3n) is 12.8. The molecule has 0 aliphatic carbocycles. The Hall–Kier alpha value is -4.08. The number of benzene rings is 4. The van der Waals surface area contributed by atoms with Crippen molar-refractivity contribution in [3.05, 3.63) is 117 Å². The van der Waals surface area contributed by atoms with Gasteiger partial charge in [-0.25, -0.2) is 9.97 Å². The minimum Gasteiger partial charge on any atom is -0.486 e. The molecule has 0 unspecified atom stereocenters. The van der Waals surface area contributed by atoms with Crippen LogP contribution in [0, 0.1) is 39.5 Å². The number of fused-ring (bicyclic) bond motifs is 2. The maximum absolute atomic E-state index is 6.04. The van der Waals surface area contributed by atoms with E-state index < -0.39 is 0 Å². The number of halogens is 2. The van der Waals surface area contributed by atoms with E-state index in [0.717, 1.165) is 69.2 Å². The highest BCUT2D eigenvalue weighted by atomic mass is 35.5. The second kappa shape index (κ2) is 21.6. The van der Waals surface area contributed by atoms with E-state index in [-0.39, 0.29) is 0 Å². The third kappa shape index (κ3) is 11.6. The van der Waals surface area contributed by atoms with Crippen molar-refractivity contribution in [3.63, 3.8) is 0 Å². The quantitative estimate of drug-likeness (QED) is 0.0945. The largest absolute Gasteiger partial charge is 0.486 e. The summed E-state index contributed by atoms with van der Waals surface area (Å²) in [5.41, 5.74) is 9.80. The van der Waals surface area contributed by atoms with Crippen molar-refractivity contribution in [2.45, 2.75) is 118 Å². The van der Waals surface area contributed by atoms with Crippen molar-refractivity contribution in [2.75, 3.05) is 26.2 Å². The predicted molar refractivity (Wildman–Crippen MR) is 249 cm³/mol. The van der Waals surface area contributed by atoms with Gasteiger partial charge in [-0.05, 0) is 187 Å². The second-order valence-corrected chi connectivity index (χ2v) is 17.8. The summed E-state index contributed by atoms with van der Waals surface area (Å²) in [5, 5.41) is 8.36. The zero-order valence-corrected chi connectivity index (χ0v) is 37.7. The number of imidazole rings is 2. The van der Waals surface area contributed by atoms with Gasteiger partial charge in [0.05, 0.1) is 22.1 Å². The molecule has 4 heterocycles. The van der Waals surface area contributed by atoms with Crippen molar-refractivity contribution in [1.29, 1.82) is 0 Å². The molecule has 0 spiro atoms. The monoisotopic (exact) mass is 850 g/mol. The SMILES string of the molecule is Cc1ccc2c(nc(COc3ccc(Cl)cc3)n2CCCCC2CCNCC2)c1C.Cc1ccc2nc(COc3ccc(Cl)cc3)n(CCCCC3CCNCC3)c2c1C. The molecule has 0 amide bonds. The summed E-state index contributed by atoms with van der Waals surface area (Å²) in [5.74, 6) is 5.41. The van der Waals surface area contributed by atoms with Crippen LogP contribution in [-0.2, 0) is 26.3 Å². The van der Waals surface area contributed by atoms with Crippen molar-refractivity contribution in [3.8, 4) is 11.5 Å². The molecule has 6 aromatic rings. The van der Waals surface area contributed by atoms with Crippen LogP contribution in [0.1, 0.15) is 98.1 Å². The standard InChI is InChI=1S/2C25H32ClN3O/c1-18-6-11-23-25(19(18)2)28-24(17-30-22-9-7-21(26)8-10-22)29(23)16-4-3-5-20-12-14-27-15-13-20;1-18-6-11-23-25(19(18)2)29(16-4-3-5-20-12-14-27-15-13-20)24(28-23)17-30-22-9-7-21(26)8-10-22/h2*6-11,20,27H,3-5,12-17H2,1-2H3. The van der Waals surface area contributed by atoms with E-state index in [2.05, 4.69) is 71.7 Å². The zero-order chi connectivity index (χ0) is 41.8. The molecule has 8 nitrogen and oxygen atoms in total. The molecule has 0 atom stereocenters. The van der Waals surface area contributed by atoms with Crippen LogP contribution in [0.2, 0.25) is 10.0 Å². The Balaban J connectivity index is 0.000000181. The smallest absolute Gasteiger partial charge is 0.148 e. The molecule has 8 rings (SSSR count). The van der Waals surface area contributed by atoms with Gasteiger partial charge in [0.1, 0.15) is 36.4 Å². The van der Waals surface area contributed by atoms with Gasteiger partial charge in [0.15, 0.2) is 0 Å². The van der Waals surface area contributed by atoms with Crippen molar-refractivity contribution >= 4 is 45.3 Å². The lowest BCUT2D eigenvalue weighted by atomic mass is 9.92. The summed E-state index contributed by atoms with van der Waals surface area (Å²) in [6, 6.07) is 23.8. The number of unbranched alkanes of at least 4 members (excludes halogenated alkanes) is 2. The maximum atomic E-state index is 6.04. The van der Waals surface area contributed by atoms with E-state index in [1.807, 2.05) is 48.5 Å². The molecule has 2 aliphatic heterocycles. The normalized spacial score (nSPS) is 15.0. The third-order valence-corrected chi connectivity index (χ3v) is 13.3. The molecule has 10 heteroatoms. The van der Waals surface area contributed by atoms with Crippen LogP contribution in [0.25, 0.3) is 22.1 Å². The van der Waals surface area contributed by atoms with Crippen LogP contribution in [-0.4, -0.2) is 45.3 Å². The molecule has 0 radical (unpaired) electrons. The molecule has 0 saturated carbocycles. The Morgan fingerprint density at radius 3 is 1.60 bits per heavy atom. The number of aryl methyl sites for hydroxylation is 6. The fraction of sp³-hybridized carbons (Fsp3) is 0.480. The molecule has 2 aromatic heterocycles. The lowest BCUT2D eigenvalue weighted by molar-refractivity contribution is 0.288. The van der Waals surface area contributed by atoms with Crippen molar-refractivity contribution in [1.82, 2.24) is 29.7 Å². The number of piperidine rings is 2. The lowest BCUT2D eigenvalue weighted by Crippen LogP contribution is -2.27. The van der Waals surface area contributed by atoms with Crippen LogP contribution in [0.15, 0.2) is 72.8 Å². The molecule has 4 aromatic carbocycles. The number of nitrogens with one attached hydrogen (secondary N) is 2. The first-order chi connectivity index (χ1) is 29.2. The second-order valence-electron chi connectivity index (χ2n) is 17.0. The maximum Gasteiger partial charge on any atom is 0.148 e. The van der Waals surface area contributed by atoms with Gasteiger partial charge < -0.3 is 29.2 Å². The molecule has 60 heavy (non-hydrogen) atoms. The molecular formula is C50H64Cl2N6O2. The summed E-state index contributed by atoms with van der Waals surface area (Å²) >= 11 is 12.0. The van der Waals surface area contributed by atoms with Crippen LogP contribution in [0.3, 0.4) is 0 Å². The van der Waals surface area contributed by atoms with E-state index in [1.54, 1.807) is 0 Å². The number of hydrogen-bond donors (Lipinski definition) is 2. The Morgan fingerprint density at radius 2 is 1.05 bits per heavy atom. The van der Waals surface area contributed by atoms with E-state index in [0.29, 0.717) is 13.2 Å². The summed E-state index contributed by atoms with van der Waals surface area (Å²) in [4.78, 5) is 9.90. The summed E-state index contributed by atoms with van der Waals surface area (Å²) in [6.07, 6.45) is 12.9. The number of hydrogen-bond acceptors (Lipinski definition) is 6. The van der Waals surface area contributed by atoms with Gasteiger partial charge in [-0.1, -0.05) is 61.0 Å². The van der Waals surface area contributed by atoms with E-state index >= 15 is 0 Å². The first kappa shape index (κ1) is 44.0. The van der Waals surface area contributed by atoms with Gasteiger partial charge in [0.2, 0.25) is 0 Å². The van der Waals surface area contributed by atoms with Gasteiger partial charge in [-0.2, -0.15) is 0 Å². The molecule has 0 bridgehead atoms. The Labute approximate surface area is 367 Å². The molecule has 2 saturated heterocycles. The van der Waals surface area contributed by atoms with Gasteiger partial charge in [0, 0.05) is 23.1 Å². The topological polar surface area (TPSA) is 78.2 Å². The number of aromatic nitrogens is 4. The Morgan fingerprint density at radius 1 is 0.567 bits per heavy atom. The summed E-state index contributed by atoms with van der Waals surface area (Å²) in [7, 11) is 0. The number of nitrogens with zero attached hydrogens (tertiary/aromatic N) is 4. The predicted octanol–water partition coefficient (Wildman–Crippen LogP) is 12.1. The lowest BCUT2D eigenvalue weighted by Gasteiger charge is -2.22.